The van der Waals surface area contributed by atoms with Crippen molar-refractivity contribution in [3.63, 3.8) is 0 Å². The molecule has 0 amide bonds. The maximum absolute atomic E-state index is 13.3. The molecule has 0 atom stereocenters. The molecule has 10 nitrogen and oxygen atoms in total. The van der Waals surface area contributed by atoms with Crippen LogP contribution in [-0.4, -0.2) is 74.0 Å². The predicted octanol–water partition coefficient (Wildman–Crippen LogP) is 1.58. The van der Waals surface area contributed by atoms with Crippen LogP contribution in [0.5, 0.6) is 0 Å². The Morgan fingerprint density at radius 1 is 1.26 bits per heavy atom. The van der Waals surface area contributed by atoms with Crippen LogP contribution in [0, 0.1) is 0 Å². The summed E-state index contributed by atoms with van der Waals surface area (Å²) in [6, 6.07) is 3.32. The highest BCUT2D eigenvalue weighted by Crippen LogP contribution is 2.47. The molecule has 5 rings (SSSR count). The minimum atomic E-state index is -3.79. The number of fused-ring (bicyclic) bond motifs is 1. The van der Waals surface area contributed by atoms with Gasteiger partial charge in [-0.2, -0.15) is 30.9 Å². The van der Waals surface area contributed by atoms with Crippen LogP contribution in [0.3, 0.4) is 0 Å². The molecule has 1 spiro atoms. The highest BCUT2D eigenvalue weighted by atomic mass is 32.2. The number of nitrogens with zero attached hydrogens (tertiary/aromatic N) is 7. The van der Waals surface area contributed by atoms with Crippen molar-refractivity contribution in [2.24, 2.45) is 0 Å². The molecule has 0 unspecified atom stereocenters. The van der Waals surface area contributed by atoms with E-state index >= 15 is 0 Å². The molecule has 1 saturated carbocycles. The molecule has 1 saturated heterocycles. The van der Waals surface area contributed by atoms with E-state index in [1.165, 1.54) is 23.7 Å². The monoisotopic (exact) mass is 452 g/mol. The number of aromatic nitrogens is 5. The maximum Gasteiger partial charge on any atom is 0.333 e. The molecule has 0 bridgehead atoms. The zero-order chi connectivity index (χ0) is 21.8. The normalized spacial score (nSPS) is 19.2. The van der Waals surface area contributed by atoms with Gasteiger partial charge in [-0.25, -0.2) is 14.6 Å². The van der Waals surface area contributed by atoms with Crippen molar-refractivity contribution in [2.75, 3.05) is 31.6 Å². The molecule has 31 heavy (non-hydrogen) atoms. The summed E-state index contributed by atoms with van der Waals surface area (Å²) in [6.45, 7) is -1.49. The average Bonchev–Trinajstić information content (AvgIpc) is 3.15. The van der Waals surface area contributed by atoms with Gasteiger partial charge in [-0.1, -0.05) is 0 Å². The van der Waals surface area contributed by atoms with Gasteiger partial charge in [0.05, 0.1) is 23.2 Å². The Kier molecular flexibility index (Phi) is 4.71. The van der Waals surface area contributed by atoms with Gasteiger partial charge in [0.25, 0.3) is 10.2 Å². The highest BCUT2D eigenvalue weighted by Gasteiger charge is 2.56. The fourth-order valence-corrected chi connectivity index (χ4v) is 5.89. The largest absolute Gasteiger partial charge is 0.353 e. The number of H-pyrrole nitrogens is 1. The number of nitrogens with one attached hydrogen (secondary N) is 1. The molecule has 3 aromatic heterocycles. The topological polar surface area (TPSA) is 103 Å². The third-order valence-corrected chi connectivity index (χ3v) is 8.01. The fourth-order valence-electron chi connectivity index (χ4n) is 4.21. The number of alkyl halides is 2. The second kappa shape index (κ2) is 7.21. The van der Waals surface area contributed by atoms with Crippen molar-refractivity contribution in [1.82, 2.24) is 33.3 Å². The lowest BCUT2D eigenvalue weighted by molar-refractivity contribution is 0.0560. The molecule has 1 N–H and O–H groups in total. The first-order chi connectivity index (χ1) is 14.8. The van der Waals surface area contributed by atoms with Gasteiger partial charge in [0.1, 0.15) is 17.8 Å². The SMILES string of the molecule is CN(Cc1ccn(C(F)F)n1)S(=O)(=O)N1CCN(c2ncnc3[nH]ccc23)CC12CC2. The average molecular weight is 452 g/mol. The number of hydrogen-bond donors (Lipinski definition) is 1. The first-order valence-corrected chi connectivity index (χ1v) is 11.3. The highest BCUT2D eigenvalue weighted by molar-refractivity contribution is 7.86. The molecule has 1 aliphatic heterocycles. The molecule has 13 heteroatoms. The van der Waals surface area contributed by atoms with Crippen molar-refractivity contribution >= 4 is 27.1 Å². The molecular formula is C18H22F2N8O2S. The Labute approximate surface area is 177 Å². The number of piperazine rings is 1. The summed E-state index contributed by atoms with van der Waals surface area (Å²) in [5.41, 5.74) is 0.528. The lowest BCUT2D eigenvalue weighted by atomic mass is 10.2. The van der Waals surface area contributed by atoms with Crippen molar-refractivity contribution in [3.8, 4) is 0 Å². The fraction of sp³-hybridized carbons (Fsp3) is 0.500. The summed E-state index contributed by atoms with van der Waals surface area (Å²) in [6.07, 6.45) is 5.98. The van der Waals surface area contributed by atoms with E-state index in [1.54, 1.807) is 10.5 Å². The van der Waals surface area contributed by atoms with Crippen LogP contribution >= 0.6 is 0 Å². The van der Waals surface area contributed by atoms with Gasteiger partial charge in [0.2, 0.25) is 0 Å². The summed E-state index contributed by atoms with van der Waals surface area (Å²) in [5.74, 6) is 0.792. The second-order valence-electron chi connectivity index (χ2n) is 7.98. The number of halogens is 2. The van der Waals surface area contributed by atoms with Gasteiger partial charge in [-0.15, -0.1) is 0 Å². The van der Waals surface area contributed by atoms with E-state index in [2.05, 4.69) is 25.0 Å². The van der Waals surface area contributed by atoms with Crippen LogP contribution in [-0.2, 0) is 16.8 Å². The van der Waals surface area contributed by atoms with Gasteiger partial charge in [0.15, 0.2) is 0 Å². The van der Waals surface area contributed by atoms with E-state index in [0.717, 1.165) is 35.9 Å². The van der Waals surface area contributed by atoms with E-state index in [-0.39, 0.29) is 12.2 Å². The van der Waals surface area contributed by atoms with Crippen molar-refractivity contribution in [3.05, 3.63) is 36.5 Å². The molecule has 2 fully saturated rings. The lowest BCUT2D eigenvalue weighted by Gasteiger charge is -2.42. The number of hydrogen-bond acceptors (Lipinski definition) is 6. The molecule has 4 heterocycles. The molecule has 2 aliphatic rings. The third kappa shape index (κ3) is 3.46. The lowest BCUT2D eigenvalue weighted by Crippen LogP contribution is -2.59. The van der Waals surface area contributed by atoms with Gasteiger partial charge in [-0.05, 0) is 25.0 Å². The first-order valence-electron chi connectivity index (χ1n) is 9.89. The van der Waals surface area contributed by atoms with Crippen molar-refractivity contribution < 1.29 is 17.2 Å². The third-order valence-electron chi connectivity index (χ3n) is 5.97. The molecule has 0 aromatic carbocycles. The first kappa shape index (κ1) is 20.3. The van der Waals surface area contributed by atoms with Gasteiger partial charge >= 0.3 is 6.55 Å². The van der Waals surface area contributed by atoms with E-state index in [1.807, 2.05) is 6.07 Å². The standard InChI is InChI=1S/C18H22F2N8O2S/c1-25(10-13-3-7-27(24-13)17(19)20)31(29,30)28-9-8-26(11-18(28)4-5-18)16-14-2-6-21-15(14)22-12-23-16/h2-3,6-7,12,17H,4-5,8-11H2,1H3,(H,21,22,23). The Bertz CT molecular complexity index is 1210. The minimum Gasteiger partial charge on any atom is -0.353 e. The van der Waals surface area contributed by atoms with E-state index < -0.39 is 22.3 Å². The Balaban J connectivity index is 1.34. The molecule has 3 aromatic rings. The van der Waals surface area contributed by atoms with E-state index in [0.29, 0.717) is 24.3 Å². The summed E-state index contributed by atoms with van der Waals surface area (Å²) in [7, 11) is -2.34. The van der Waals surface area contributed by atoms with E-state index in [9.17, 15) is 17.2 Å². The number of rotatable bonds is 6. The van der Waals surface area contributed by atoms with Crippen LogP contribution in [0.4, 0.5) is 14.6 Å². The van der Waals surface area contributed by atoms with Crippen molar-refractivity contribution in [2.45, 2.75) is 31.5 Å². The smallest absolute Gasteiger partial charge is 0.333 e. The van der Waals surface area contributed by atoms with Crippen LogP contribution in [0.15, 0.2) is 30.9 Å². The molecule has 166 valence electrons. The zero-order valence-corrected chi connectivity index (χ0v) is 17.6. The second-order valence-corrected chi connectivity index (χ2v) is 9.94. The summed E-state index contributed by atoms with van der Waals surface area (Å²) in [5, 5.41) is 4.66. The van der Waals surface area contributed by atoms with Crippen LogP contribution in [0.1, 0.15) is 25.1 Å². The Morgan fingerprint density at radius 2 is 2.06 bits per heavy atom. The maximum atomic E-state index is 13.3. The van der Waals surface area contributed by atoms with Crippen molar-refractivity contribution in [1.29, 1.82) is 0 Å². The molecule has 1 aliphatic carbocycles. The molecule has 0 radical (unpaired) electrons. The summed E-state index contributed by atoms with van der Waals surface area (Å²) < 4.78 is 55.4. The number of aromatic amines is 1. The Hall–Kier alpha value is -2.64. The van der Waals surface area contributed by atoms with Crippen LogP contribution in [0.2, 0.25) is 0 Å². The zero-order valence-electron chi connectivity index (χ0n) is 16.8. The predicted molar refractivity (Wildman–Crippen MR) is 109 cm³/mol. The molecular weight excluding hydrogens is 430 g/mol. The summed E-state index contributed by atoms with van der Waals surface area (Å²) in [4.78, 5) is 13.8. The van der Waals surface area contributed by atoms with Gasteiger partial charge < -0.3 is 9.88 Å². The quantitative estimate of drug-likeness (QED) is 0.609. The Morgan fingerprint density at radius 3 is 2.77 bits per heavy atom. The number of anilines is 1. The minimum absolute atomic E-state index is 0.0752. The summed E-state index contributed by atoms with van der Waals surface area (Å²) >= 11 is 0. The van der Waals surface area contributed by atoms with Gasteiger partial charge in [0, 0.05) is 39.1 Å². The van der Waals surface area contributed by atoms with E-state index in [4.69, 9.17) is 0 Å². The van der Waals surface area contributed by atoms with Crippen LogP contribution in [0.25, 0.3) is 11.0 Å². The van der Waals surface area contributed by atoms with Gasteiger partial charge in [-0.3, -0.25) is 0 Å². The van der Waals surface area contributed by atoms with Crippen LogP contribution < -0.4 is 4.90 Å².